The van der Waals surface area contributed by atoms with Gasteiger partial charge in [0.2, 0.25) is 5.91 Å². The molecule has 1 atom stereocenters. The van der Waals surface area contributed by atoms with E-state index in [0.717, 1.165) is 30.4 Å². The third-order valence-electron chi connectivity index (χ3n) is 7.25. The molecule has 1 amide bonds. The first-order valence-electron chi connectivity index (χ1n) is 12.1. The zero-order chi connectivity index (χ0) is 23.9. The van der Waals surface area contributed by atoms with Crippen molar-refractivity contribution in [2.75, 3.05) is 29.9 Å². The number of halogens is 3. The summed E-state index contributed by atoms with van der Waals surface area (Å²) < 4.78 is 42.0. The van der Waals surface area contributed by atoms with E-state index in [4.69, 9.17) is 0 Å². The molecular weight excluding hydrogens is 447 g/mol. The van der Waals surface area contributed by atoms with Crippen molar-refractivity contribution in [3.05, 3.63) is 29.6 Å². The number of nitrogens with zero attached hydrogens (tertiary/aromatic N) is 5. The van der Waals surface area contributed by atoms with Gasteiger partial charge in [-0.25, -0.2) is 15.0 Å². The number of imidazole rings is 1. The molecule has 0 bridgehead atoms. The Labute approximate surface area is 196 Å². The van der Waals surface area contributed by atoms with Crippen LogP contribution in [0, 0.1) is 0 Å². The summed E-state index contributed by atoms with van der Waals surface area (Å²) in [5, 5.41) is 6.25. The highest BCUT2D eigenvalue weighted by Crippen LogP contribution is 2.39. The maximum absolute atomic E-state index is 13.4. The van der Waals surface area contributed by atoms with E-state index in [9.17, 15) is 18.0 Å². The van der Waals surface area contributed by atoms with E-state index < -0.39 is 11.9 Å². The van der Waals surface area contributed by atoms with Gasteiger partial charge in [-0.3, -0.25) is 4.79 Å². The Morgan fingerprint density at radius 3 is 2.62 bits per heavy atom. The lowest BCUT2D eigenvalue weighted by molar-refractivity contribution is -0.141. The van der Waals surface area contributed by atoms with Gasteiger partial charge in [0.25, 0.3) is 0 Å². The molecule has 2 N–H and O–H groups in total. The minimum atomic E-state index is -4.46. The number of hydrogen-bond donors (Lipinski definition) is 2. The van der Waals surface area contributed by atoms with Crippen molar-refractivity contribution in [3.63, 3.8) is 0 Å². The molecule has 2 aromatic rings. The van der Waals surface area contributed by atoms with Crippen LogP contribution in [0.3, 0.4) is 0 Å². The van der Waals surface area contributed by atoms with Gasteiger partial charge in [-0.15, -0.1) is 0 Å². The van der Waals surface area contributed by atoms with Gasteiger partial charge in [-0.2, -0.15) is 13.2 Å². The number of nitrogens with one attached hydrogen (secondary N) is 2. The van der Waals surface area contributed by atoms with E-state index in [2.05, 4.69) is 30.5 Å². The van der Waals surface area contributed by atoms with Crippen LogP contribution in [-0.4, -0.2) is 51.1 Å². The molecule has 5 rings (SSSR count). The third-order valence-corrected chi connectivity index (χ3v) is 7.25. The van der Waals surface area contributed by atoms with Gasteiger partial charge in [-0.05, 0) is 31.6 Å². The summed E-state index contributed by atoms with van der Waals surface area (Å²) in [4.78, 5) is 26.8. The fraction of sp³-hybridized carbons (Fsp3) is 0.652. The van der Waals surface area contributed by atoms with Crippen LogP contribution in [0.4, 0.5) is 24.8 Å². The lowest BCUT2D eigenvalue weighted by atomic mass is 9.92. The third kappa shape index (κ3) is 4.62. The van der Waals surface area contributed by atoms with E-state index in [-0.39, 0.29) is 17.7 Å². The van der Waals surface area contributed by atoms with Crippen LogP contribution in [0.2, 0.25) is 0 Å². The Balaban J connectivity index is 1.30. The Hall–Kier alpha value is -2.69. The van der Waals surface area contributed by atoms with Crippen molar-refractivity contribution < 1.29 is 18.0 Å². The van der Waals surface area contributed by atoms with E-state index in [1.54, 1.807) is 4.57 Å². The van der Waals surface area contributed by atoms with Crippen molar-refractivity contribution in [3.8, 4) is 0 Å². The number of aromatic nitrogens is 4. The highest BCUT2D eigenvalue weighted by Gasteiger charge is 2.37. The van der Waals surface area contributed by atoms with Crippen molar-refractivity contribution in [1.82, 2.24) is 24.8 Å². The molecule has 2 fully saturated rings. The van der Waals surface area contributed by atoms with Crippen molar-refractivity contribution in [1.29, 1.82) is 0 Å². The first-order valence-corrected chi connectivity index (χ1v) is 12.1. The molecule has 3 aliphatic rings. The Bertz CT molecular complexity index is 1040. The zero-order valence-electron chi connectivity index (χ0n) is 19.2. The summed E-state index contributed by atoms with van der Waals surface area (Å²) in [7, 11) is 0. The molecule has 1 aliphatic carbocycles. The number of carbonyl (C=O) groups is 1. The minimum Gasteiger partial charge on any atom is -0.356 e. The summed E-state index contributed by atoms with van der Waals surface area (Å²) >= 11 is 0. The number of carbonyl (C=O) groups excluding carboxylic acids is 1. The van der Waals surface area contributed by atoms with Gasteiger partial charge in [0.05, 0.1) is 0 Å². The summed E-state index contributed by atoms with van der Waals surface area (Å²) in [6.45, 7) is 4.42. The molecule has 0 spiro atoms. The Morgan fingerprint density at radius 1 is 1.18 bits per heavy atom. The summed E-state index contributed by atoms with van der Waals surface area (Å²) in [6, 6.07) is 0.489. The van der Waals surface area contributed by atoms with Crippen LogP contribution in [0.25, 0.3) is 0 Å². The predicted molar refractivity (Wildman–Crippen MR) is 121 cm³/mol. The van der Waals surface area contributed by atoms with Crippen LogP contribution >= 0.6 is 0 Å². The molecule has 1 saturated heterocycles. The molecular formula is C23H30F3N7O. The van der Waals surface area contributed by atoms with Crippen LogP contribution in [0.15, 0.2) is 12.5 Å². The second-order valence-corrected chi connectivity index (χ2v) is 9.63. The van der Waals surface area contributed by atoms with Gasteiger partial charge < -0.3 is 20.1 Å². The fourth-order valence-electron chi connectivity index (χ4n) is 5.18. The van der Waals surface area contributed by atoms with Crippen molar-refractivity contribution in [2.45, 2.75) is 76.0 Å². The standard InChI is InChI=1S/C23H30F3N7O/c1-14-11-18(34)31-20-19(14)22(29-13-28-20)32-8-5-15(6-9-32)21-30-17(23(24,25)26)12-33(21)10-7-27-16-3-2-4-16/h12-16,27H,2-11H2,1H3,(H,28,29,31,34)/t14-/m1/s1. The summed E-state index contributed by atoms with van der Waals surface area (Å²) in [5.74, 6) is 1.79. The van der Waals surface area contributed by atoms with E-state index >= 15 is 0 Å². The maximum atomic E-state index is 13.4. The van der Waals surface area contributed by atoms with E-state index in [1.807, 2.05) is 6.92 Å². The normalized spacial score (nSPS) is 21.8. The molecule has 2 aromatic heterocycles. The minimum absolute atomic E-state index is 0.00841. The summed E-state index contributed by atoms with van der Waals surface area (Å²) in [6.07, 6.45) is 3.40. The largest absolute Gasteiger partial charge is 0.434 e. The molecule has 184 valence electrons. The van der Waals surface area contributed by atoms with Gasteiger partial charge in [0.15, 0.2) is 5.69 Å². The highest BCUT2D eigenvalue weighted by molar-refractivity contribution is 5.94. The quantitative estimate of drug-likeness (QED) is 0.660. The molecule has 1 saturated carbocycles. The zero-order valence-corrected chi connectivity index (χ0v) is 19.2. The van der Waals surface area contributed by atoms with E-state index in [1.165, 1.54) is 12.7 Å². The number of piperidine rings is 1. The van der Waals surface area contributed by atoms with Crippen LogP contribution in [-0.2, 0) is 17.5 Å². The number of rotatable bonds is 6. The van der Waals surface area contributed by atoms with Crippen LogP contribution < -0.4 is 15.5 Å². The summed E-state index contributed by atoms with van der Waals surface area (Å²) in [5.41, 5.74) is 0.117. The maximum Gasteiger partial charge on any atom is 0.434 e. The van der Waals surface area contributed by atoms with Crippen molar-refractivity contribution in [2.24, 2.45) is 0 Å². The second kappa shape index (κ2) is 9.16. The lowest BCUT2D eigenvalue weighted by Crippen LogP contribution is -2.38. The molecule has 34 heavy (non-hydrogen) atoms. The molecule has 11 heteroatoms. The molecule has 4 heterocycles. The topological polar surface area (TPSA) is 88.0 Å². The van der Waals surface area contributed by atoms with Gasteiger partial charge in [-0.1, -0.05) is 13.3 Å². The number of alkyl halides is 3. The monoisotopic (exact) mass is 477 g/mol. The Kier molecular flexibility index (Phi) is 6.22. The lowest BCUT2D eigenvalue weighted by Gasteiger charge is -2.35. The molecule has 8 nitrogen and oxygen atoms in total. The number of amides is 1. The van der Waals surface area contributed by atoms with Gasteiger partial charge in [0, 0.05) is 56.3 Å². The Morgan fingerprint density at radius 2 is 1.94 bits per heavy atom. The smallest absolute Gasteiger partial charge is 0.356 e. The number of fused-ring (bicyclic) bond motifs is 1. The molecule has 0 aromatic carbocycles. The SMILES string of the molecule is C[C@@H]1CC(=O)Nc2ncnc(N3CCC(c4nc(C(F)(F)F)cn4CCNC4CCC4)CC3)c21. The second-order valence-electron chi connectivity index (χ2n) is 9.63. The van der Waals surface area contributed by atoms with Crippen LogP contribution in [0.1, 0.15) is 74.4 Å². The number of hydrogen-bond acceptors (Lipinski definition) is 6. The molecule has 0 unspecified atom stereocenters. The highest BCUT2D eigenvalue weighted by atomic mass is 19.4. The average molecular weight is 478 g/mol. The van der Waals surface area contributed by atoms with Gasteiger partial charge >= 0.3 is 6.18 Å². The average Bonchev–Trinajstić information content (AvgIpc) is 3.20. The molecule has 2 aliphatic heterocycles. The van der Waals surface area contributed by atoms with E-state index in [0.29, 0.717) is 63.1 Å². The van der Waals surface area contributed by atoms with Crippen LogP contribution in [0.5, 0.6) is 0 Å². The van der Waals surface area contributed by atoms with Gasteiger partial charge in [0.1, 0.15) is 23.8 Å². The fourth-order valence-corrected chi connectivity index (χ4v) is 5.18. The number of anilines is 2. The first kappa shape index (κ1) is 23.1. The van der Waals surface area contributed by atoms with Crippen molar-refractivity contribution >= 4 is 17.5 Å². The predicted octanol–water partition coefficient (Wildman–Crippen LogP) is 3.66. The first-order chi connectivity index (χ1) is 16.3. The molecule has 0 radical (unpaired) electrons.